The molecule has 22 heavy (non-hydrogen) atoms. The number of nitrogens with two attached hydrogens (primary N) is 1. The first-order chi connectivity index (χ1) is 10.5. The number of nitrogens with one attached hydrogen (secondary N) is 1. The molecule has 4 nitrogen and oxygen atoms in total. The van der Waals surface area contributed by atoms with Crippen molar-refractivity contribution in [3.8, 4) is 0 Å². The maximum absolute atomic E-state index is 6.07. The molecule has 1 aromatic heterocycles. The number of hydrogen-bond acceptors (Lipinski definition) is 4. The molecule has 0 unspecified atom stereocenters. The van der Waals surface area contributed by atoms with Gasteiger partial charge < -0.3 is 11.1 Å². The summed E-state index contributed by atoms with van der Waals surface area (Å²) in [6, 6.07) is 6.94. The van der Waals surface area contributed by atoms with Crippen molar-refractivity contribution in [1.82, 2.24) is 9.97 Å². The van der Waals surface area contributed by atoms with Crippen LogP contribution in [0.2, 0.25) is 0 Å². The van der Waals surface area contributed by atoms with Gasteiger partial charge in [0.25, 0.3) is 0 Å². The van der Waals surface area contributed by atoms with Crippen molar-refractivity contribution in [3.05, 3.63) is 46.1 Å². The molecule has 1 aliphatic carbocycles. The van der Waals surface area contributed by atoms with Crippen LogP contribution < -0.4 is 11.1 Å². The van der Waals surface area contributed by atoms with E-state index in [9.17, 15) is 0 Å². The third-order valence-corrected chi connectivity index (χ3v) is 4.63. The molecular formula is C18H24N4. The van der Waals surface area contributed by atoms with Gasteiger partial charge in [-0.15, -0.1) is 0 Å². The summed E-state index contributed by atoms with van der Waals surface area (Å²) in [7, 11) is 0. The highest BCUT2D eigenvalue weighted by Crippen LogP contribution is 2.38. The molecule has 0 fully saturated rings. The molecular weight excluding hydrogens is 272 g/mol. The second kappa shape index (κ2) is 5.59. The minimum Gasteiger partial charge on any atom is -0.383 e. The van der Waals surface area contributed by atoms with Crippen molar-refractivity contribution < 1.29 is 0 Å². The van der Waals surface area contributed by atoms with Gasteiger partial charge in [0.2, 0.25) is 5.95 Å². The summed E-state index contributed by atoms with van der Waals surface area (Å²) in [5.74, 6) is 1.75. The first-order valence-corrected chi connectivity index (χ1v) is 7.98. The van der Waals surface area contributed by atoms with E-state index in [-0.39, 0.29) is 6.04 Å². The standard InChI is InChI=1S/C18H24N4/c1-5-14-12(4)20-18(22-17(14)19)21-16-11(3)9-13-7-6-10(2)8-15(13)16/h6-8,11,16H,5,9H2,1-4H3,(H3,19,20,21,22)/t11-,16+/m0/s1. The lowest BCUT2D eigenvalue weighted by atomic mass is 10.0. The van der Waals surface area contributed by atoms with Crippen LogP contribution in [-0.2, 0) is 12.8 Å². The Morgan fingerprint density at radius 3 is 2.73 bits per heavy atom. The van der Waals surface area contributed by atoms with Gasteiger partial charge in [0, 0.05) is 11.3 Å². The summed E-state index contributed by atoms with van der Waals surface area (Å²) < 4.78 is 0. The van der Waals surface area contributed by atoms with Crippen LogP contribution in [0, 0.1) is 19.8 Å². The molecule has 0 amide bonds. The zero-order chi connectivity index (χ0) is 15.9. The van der Waals surface area contributed by atoms with E-state index in [1.807, 2.05) is 6.92 Å². The zero-order valence-corrected chi connectivity index (χ0v) is 13.8. The fraction of sp³-hybridized carbons (Fsp3) is 0.444. The van der Waals surface area contributed by atoms with Gasteiger partial charge in [-0.1, -0.05) is 37.6 Å². The van der Waals surface area contributed by atoms with Crippen molar-refractivity contribution in [3.63, 3.8) is 0 Å². The number of fused-ring (bicyclic) bond motifs is 1. The summed E-state index contributed by atoms with van der Waals surface area (Å²) in [5, 5.41) is 3.50. The average molecular weight is 296 g/mol. The van der Waals surface area contributed by atoms with E-state index in [4.69, 9.17) is 5.73 Å². The van der Waals surface area contributed by atoms with Crippen LogP contribution in [0.5, 0.6) is 0 Å². The van der Waals surface area contributed by atoms with Gasteiger partial charge in [-0.05, 0) is 43.7 Å². The molecule has 2 atom stereocenters. The van der Waals surface area contributed by atoms with Gasteiger partial charge in [-0.25, -0.2) is 4.98 Å². The third kappa shape index (κ3) is 2.54. The Kier molecular flexibility index (Phi) is 3.77. The SMILES string of the molecule is CCc1c(C)nc(N[C@H]2c3cc(C)ccc3C[C@@H]2C)nc1N. The summed E-state index contributed by atoms with van der Waals surface area (Å²) >= 11 is 0. The molecule has 0 spiro atoms. The van der Waals surface area contributed by atoms with Gasteiger partial charge >= 0.3 is 0 Å². The molecule has 4 heteroatoms. The predicted octanol–water partition coefficient (Wildman–Crippen LogP) is 3.58. The smallest absolute Gasteiger partial charge is 0.225 e. The quantitative estimate of drug-likeness (QED) is 0.908. The average Bonchev–Trinajstić information content (AvgIpc) is 2.75. The van der Waals surface area contributed by atoms with Gasteiger partial charge in [-0.3, -0.25) is 0 Å². The van der Waals surface area contributed by atoms with Gasteiger partial charge in [0.05, 0.1) is 6.04 Å². The second-order valence-corrected chi connectivity index (χ2v) is 6.36. The number of nitrogens with zero attached hydrogens (tertiary/aromatic N) is 2. The third-order valence-electron chi connectivity index (χ3n) is 4.63. The molecule has 3 rings (SSSR count). The first kappa shape index (κ1) is 14.8. The Morgan fingerprint density at radius 1 is 1.27 bits per heavy atom. The normalized spacial score (nSPS) is 20.0. The van der Waals surface area contributed by atoms with Crippen LogP contribution in [-0.4, -0.2) is 9.97 Å². The number of anilines is 2. The van der Waals surface area contributed by atoms with Gasteiger partial charge in [-0.2, -0.15) is 4.98 Å². The highest BCUT2D eigenvalue weighted by atomic mass is 15.1. The van der Waals surface area contributed by atoms with Crippen LogP contribution >= 0.6 is 0 Å². The van der Waals surface area contributed by atoms with Gasteiger partial charge in [0.1, 0.15) is 5.82 Å². The summed E-state index contributed by atoms with van der Waals surface area (Å²) in [5.41, 5.74) is 12.2. The van der Waals surface area contributed by atoms with Crippen molar-refractivity contribution in [1.29, 1.82) is 0 Å². The number of rotatable bonds is 3. The van der Waals surface area contributed by atoms with E-state index in [1.54, 1.807) is 0 Å². The van der Waals surface area contributed by atoms with Crippen molar-refractivity contribution in [2.75, 3.05) is 11.1 Å². The number of benzene rings is 1. The molecule has 0 saturated carbocycles. The molecule has 3 N–H and O–H groups in total. The number of hydrogen-bond donors (Lipinski definition) is 2. The summed E-state index contributed by atoms with van der Waals surface area (Å²) in [6.07, 6.45) is 1.95. The Labute approximate surface area is 132 Å². The topological polar surface area (TPSA) is 63.8 Å². The van der Waals surface area contributed by atoms with Crippen LogP contribution in [0.25, 0.3) is 0 Å². The van der Waals surface area contributed by atoms with E-state index in [1.165, 1.54) is 16.7 Å². The monoisotopic (exact) mass is 296 g/mol. The number of nitrogen functional groups attached to an aromatic ring is 1. The maximum atomic E-state index is 6.07. The molecule has 0 radical (unpaired) electrons. The zero-order valence-electron chi connectivity index (χ0n) is 13.8. The highest BCUT2D eigenvalue weighted by molar-refractivity contribution is 5.49. The van der Waals surface area contributed by atoms with Crippen molar-refractivity contribution in [2.24, 2.45) is 5.92 Å². The molecule has 2 aromatic rings. The largest absolute Gasteiger partial charge is 0.383 e. The molecule has 1 aromatic carbocycles. The molecule has 0 saturated heterocycles. The molecule has 1 heterocycles. The summed E-state index contributed by atoms with van der Waals surface area (Å²) in [6.45, 7) is 8.48. The van der Waals surface area contributed by atoms with Crippen LogP contribution in [0.15, 0.2) is 18.2 Å². The van der Waals surface area contributed by atoms with Crippen molar-refractivity contribution in [2.45, 2.75) is 46.6 Å². The number of aromatic nitrogens is 2. The summed E-state index contributed by atoms with van der Waals surface area (Å²) in [4.78, 5) is 9.05. The van der Waals surface area contributed by atoms with E-state index in [0.29, 0.717) is 17.7 Å². The minimum atomic E-state index is 0.251. The fourth-order valence-electron chi connectivity index (χ4n) is 3.44. The van der Waals surface area contributed by atoms with Crippen LogP contribution in [0.3, 0.4) is 0 Å². The fourth-order valence-corrected chi connectivity index (χ4v) is 3.44. The van der Waals surface area contributed by atoms with Crippen molar-refractivity contribution >= 4 is 11.8 Å². The molecule has 1 aliphatic rings. The lowest BCUT2D eigenvalue weighted by Crippen LogP contribution is -2.17. The van der Waals surface area contributed by atoms with Gasteiger partial charge in [0.15, 0.2) is 0 Å². The Balaban J connectivity index is 1.93. The molecule has 0 bridgehead atoms. The lowest BCUT2D eigenvalue weighted by molar-refractivity contribution is 0.538. The predicted molar refractivity (Wildman–Crippen MR) is 91.0 cm³/mol. The van der Waals surface area contributed by atoms with E-state index in [0.717, 1.165) is 24.1 Å². The Morgan fingerprint density at radius 2 is 2.05 bits per heavy atom. The van der Waals surface area contributed by atoms with E-state index >= 15 is 0 Å². The van der Waals surface area contributed by atoms with E-state index < -0.39 is 0 Å². The van der Waals surface area contributed by atoms with Crippen LogP contribution in [0.4, 0.5) is 11.8 Å². The first-order valence-electron chi connectivity index (χ1n) is 7.98. The Bertz CT molecular complexity index is 685. The molecule has 0 aliphatic heterocycles. The van der Waals surface area contributed by atoms with Crippen LogP contribution in [0.1, 0.15) is 47.8 Å². The maximum Gasteiger partial charge on any atom is 0.225 e. The lowest BCUT2D eigenvalue weighted by Gasteiger charge is -2.20. The Hall–Kier alpha value is -2.10. The highest BCUT2D eigenvalue weighted by Gasteiger charge is 2.30. The second-order valence-electron chi connectivity index (χ2n) is 6.36. The molecule has 116 valence electrons. The minimum absolute atomic E-state index is 0.251. The number of aryl methyl sites for hydroxylation is 2. The van der Waals surface area contributed by atoms with E-state index in [2.05, 4.69) is 54.3 Å².